The first-order valence-corrected chi connectivity index (χ1v) is 16.3. The summed E-state index contributed by atoms with van der Waals surface area (Å²) in [6, 6.07) is 0. The number of hydrogen-bond acceptors (Lipinski definition) is 6. The van der Waals surface area contributed by atoms with Crippen LogP contribution < -0.4 is 0 Å². The molecule has 0 aromatic heterocycles. The molecule has 0 aromatic carbocycles. The second-order valence-corrected chi connectivity index (χ2v) is 16.5. The van der Waals surface area contributed by atoms with Crippen LogP contribution in [0.3, 0.4) is 0 Å². The molecule has 12 atom stereocenters. The van der Waals surface area contributed by atoms with Crippen molar-refractivity contribution >= 4 is 0 Å². The van der Waals surface area contributed by atoms with Gasteiger partial charge in [0, 0.05) is 12.0 Å². The van der Waals surface area contributed by atoms with E-state index in [2.05, 4.69) is 40.3 Å². The van der Waals surface area contributed by atoms with Crippen molar-refractivity contribution in [1.29, 1.82) is 0 Å². The molecule has 234 valence electrons. The molecule has 4 fully saturated rings. The van der Waals surface area contributed by atoms with E-state index in [1.807, 2.05) is 19.9 Å². The van der Waals surface area contributed by atoms with Gasteiger partial charge in [0.2, 0.25) is 0 Å². The number of allylic oxidation sites excluding steroid dienone is 3. The highest BCUT2D eigenvalue weighted by atomic mass is 16.5. The smallest absolute Gasteiger partial charge is 0.0913 e. The van der Waals surface area contributed by atoms with Gasteiger partial charge in [0.15, 0.2) is 0 Å². The average molecular weight is 575 g/mol. The van der Waals surface area contributed by atoms with Crippen LogP contribution in [0.4, 0.5) is 0 Å². The van der Waals surface area contributed by atoms with Gasteiger partial charge in [-0.25, -0.2) is 0 Å². The predicted molar refractivity (Wildman–Crippen MR) is 161 cm³/mol. The molecular weight excluding hydrogens is 516 g/mol. The fourth-order valence-corrected chi connectivity index (χ4v) is 11.5. The summed E-state index contributed by atoms with van der Waals surface area (Å²) in [5, 5.41) is 56.6. The number of ether oxygens (including phenoxy) is 1. The maximum Gasteiger partial charge on any atom is 0.0913 e. The maximum absolute atomic E-state index is 11.9. The van der Waals surface area contributed by atoms with Crippen molar-refractivity contribution in [3.05, 3.63) is 24.3 Å². The highest BCUT2D eigenvalue weighted by Crippen LogP contribution is 2.75. The van der Waals surface area contributed by atoms with Crippen molar-refractivity contribution in [3.63, 3.8) is 0 Å². The highest BCUT2D eigenvalue weighted by molar-refractivity contribution is 5.36. The van der Waals surface area contributed by atoms with Crippen LogP contribution in [-0.2, 0) is 4.74 Å². The zero-order chi connectivity index (χ0) is 30.2. The van der Waals surface area contributed by atoms with E-state index in [9.17, 15) is 25.5 Å². The molecule has 0 radical (unpaired) electrons. The van der Waals surface area contributed by atoms with Gasteiger partial charge in [-0.1, -0.05) is 59.3 Å². The molecule has 0 saturated heterocycles. The fraction of sp³-hybridized carbons (Fsp3) is 0.886. The standard InChI is InChI=1S/C35H58O6/c1-8-9-10-17-41-21-32(5)24-13-16-33(6)25(31(24,4)15-14-26(32)37)12-11-22-23-18-30(2,3)28(39)29(40)35(23,20-36)27(38)19-34(22,33)7/h8,11,23-29,36-40H,1,9-10,12-21H2,2-7H3/t23?,24?,25?,26-,27+,28-,29-,31-,32+,33+,34+,35-/m0/s1. The average Bonchev–Trinajstić information content (AvgIpc) is 2.90. The zero-order valence-corrected chi connectivity index (χ0v) is 26.5. The van der Waals surface area contributed by atoms with E-state index in [4.69, 9.17) is 4.74 Å². The summed E-state index contributed by atoms with van der Waals surface area (Å²) in [5.74, 6) is 0.529. The molecule has 3 unspecified atom stereocenters. The molecule has 5 rings (SSSR count). The predicted octanol–water partition coefficient (Wildman–Crippen LogP) is 5.02. The van der Waals surface area contributed by atoms with Gasteiger partial charge in [-0.05, 0) is 97.2 Å². The molecule has 0 spiro atoms. The number of aliphatic hydroxyl groups excluding tert-OH is 5. The third-order valence-electron chi connectivity index (χ3n) is 14.3. The van der Waals surface area contributed by atoms with Crippen molar-refractivity contribution in [3.8, 4) is 0 Å². The van der Waals surface area contributed by atoms with Crippen LogP contribution >= 0.6 is 0 Å². The Labute approximate surface area is 248 Å². The normalized spacial score (nSPS) is 52.4. The second-order valence-electron chi connectivity index (χ2n) is 16.5. The number of hydrogen-bond donors (Lipinski definition) is 5. The minimum Gasteiger partial charge on any atom is -0.396 e. The summed E-state index contributed by atoms with van der Waals surface area (Å²) in [6.45, 7) is 18.2. The first-order valence-electron chi connectivity index (χ1n) is 16.3. The molecule has 6 heteroatoms. The first kappa shape index (κ1) is 31.7. The lowest BCUT2D eigenvalue weighted by atomic mass is 9.33. The second kappa shape index (κ2) is 10.4. The lowest BCUT2D eigenvalue weighted by Crippen LogP contribution is -2.71. The molecule has 41 heavy (non-hydrogen) atoms. The Morgan fingerprint density at radius 3 is 2.29 bits per heavy atom. The Balaban J connectivity index is 1.52. The Morgan fingerprint density at radius 2 is 1.63 bits per heavy atom. The minimum atomic E-state index is -1.19. The summed E-state index contributed by atoms with van der Waals surface area (Å²) < 4.78 is 6.22. The van der Waals surface area contributed by atoms with Crippen molar-refractivity contribution in [2.45, 2.75) is 124 Å². The number of aliphatic hydroxyl groups is 5. The van der Waals surface area contributed by atoms with Crippen LogP contribution in [0.5, 0.6) is 0 Å². The van der Waals surface area contributed by atoms with Crippen molar-refractivity contribution in [2.24, 2.45) is 50.2 Å². The summed E-state index contributed by atoms with van der Waals surface area (Å²) in [5.41, 5.74) is -1.06. The van der Waals surface area contributed by atoms with E-state index in [-0.39, 0.29) is 40.3 Å². The number of fused-ring (bicyclic) bond motifs is 7. The first-order chi connectivity index (χ1) is 19.1. The van der Waals surface area contributed by atoms with Gasteiger partial charge >= 0.3 is 0 Å². The highest BCUT2D eigenvalue weighted by Gasteiger charge is 2.72. The van der Waals surface area contributed by atoms with E-state index >= 15 is 0 Å². The van der Waals surface area contributed by atoms with E-state index in [1.165, 1.54) is 5.57 Å². The van der Waals surface area contributed by atoms with E-state index in [1.54, 1.807) is 0 Å². The third kappa shape index (κ3) is 4.17. The summed E-state index contributed by atoms with van der Waals surface area (Å²) in [4.78, 5) is 0. The van der Waals surface area contributed by atoms with Gasteiger partial charge in [0.05, 0.1) is 43.0 Å². The number of unbranched alkanes of at least 4 members (excludes halogenated alkanes) is 1. The largest absolute Gasteiger partial charge is 0.396 e. The lowest BCUT2D eigenvalue weighted by Gasteiger charge is -2.72. The van der Waals surface area contributed by atoms with Crippen LogP contribution in [0.2, 0.25) is 0 Å². The Bertz CT molecular complexity index is 1040. The molecule has 0 bridgehead atoms. The van der Waals surface area contributed by atoms with Gasteiger partial charge in [-0.3, -0.25) is 0 Å². The zero-order valence-electron chi connectivity index (χ0n) is 26.5. The molecule has 0 aliphatic heterocycles. The molecule has 0 amide bonds. The van der Waals surface area contributed by atoms with Crippen LogP contribution in [0.25, 0.3) is 0 Å². The van der Waals surface area contributed by atoms with E-state index in [0.29, 0.717) is 37.9 Å². The summed E-state index contributed by atoms with van der Waals surface area (Å²) in [6.07, 6.45) is 8.53. The van der Waals surface area contributed by atoms with Gasteiger partial charge in [-0.2, -0.15) is 0 Å². The molecule has 5 aliphatic rings. The molecular formula is C35H58O6. The topological polar surface area (TPSA) is 110 Å². The van der Waals surface area contributed by atoms with E-state index in [0.717, 1.165) is 44.9 Å². The summed E-state index contributed by atoms with van der Waals surface area (Å²) >= 11 is 0. The molecule has 0 aromatic rings. The summed E-state index contributed by atoms with van der Waals surface area (Å²) in [7, 11) is 0. The SMILES string of the molecule is C=CCCCOC[C@]1(C)C2CC[C@]3(C)C(CC=C4C5CC(C)(C)[C@@H](O)[C@H](O)[C@]5(CO)[C@H](O)C[C@]43C)[C@@]2(C)CC[C@@H]1O. The Kier molecular flexibility index (Phi) is 8.04. The Hall–Kier alpha value is -0.760. The Morgan fingerprint density at radius 1 is 0.927 bits per heavy atom. The van der Waals surface area contributed by atoms with Crippen LogP contribution in [0.15, 0.2) is 24.3 Å². The van der Waals surface area contributed by atoms with Gasteiger partial charge in [0.1, 0.15) is 0 Å². The molecule has 4 saturated carbocycles. The van der Waals surface area contributed by atoms with E-state index < -0.39 is 29.1 Å². The molecule has 5 N–H and O–H groups in total. The van der Waals surface area contributed by atoms with Crippen LogP contribution in [0, 0.1) is 50.2 Å². The lowest BCUT2D eigenvalue weighted by molar-refractivity contribution is -0.259. The third-order valence-corrected chi connectivity index (χ3v) is 14.3. The monoisotopic (exact) mass is 574 g/mol. The molecule has 0 heterocycles. The quantitative estimate of drug-likeness (QED) is 0.216. The minimum absolute atomic E-state index is 0.0223. The fourth-order valence-electron chi connectivity index (χ4n) is 11.5. The molecule has 6 nitrogen and oxygen atoms in total. The van der Waals surface area contributed by atoms with Gasteiger partial charge in [0.25, 0.3) is 0 Å². The maximum atomic E-state index is 11.9. The van der Waals surface area contributed by atoms with Crippen molar-refractivity contribution in [2.75, 3.05) is 19.8 Å². The van der Waals surface area contributed by atoms with Crippen LogP contribution in [0.1, 0.15) is 99.3 Å². The van der Waals surface area contributed by atoms with Crippen molar-refractivity contribution in [1.82, 2.24) is 0 Å². The van der Waals surface area contributed by atoms with Gasteiger partial charge in [-0.15, -0.1) is 6.58 Å². The molecule has 5 aliphatic carbocycles. The van der Waals surface area contributed by atoms with Crippen LogP contribution in [-0.4, -0.2) is 69.8 Å². The van der Waals surface area contributed by atoms with Gasteiger partial charge < -0.3 is 30.3 Å². The van der Waals surface area contributed by atoms with Crippen molar-refractivity contribution < 1.29 is 30.3 Å². The number of rotatable bonds is 7.